The summed E-state index contributed by atoms with van der Waals surface area (Å²) in [4.78, 5) is 0.509. The predicted molar refractivity (Wildman–Crippen MR) is 65.5 cm³/mol. The predicted octanol–water partition coefficient (Wildman–Crippen LogP) is 1.54. The van der Waals surface area contributed by atoms with E-state index in [9.17, 15) is 0 Å². The van der Waals surface area contributed by atoms with Gasteiger partial charge in [-0.3, -0.25) is 10.6 Å². The summed E-state index contributed by atoms with van der Waals surface area (Å²) in [6.45, 7) is 3.35. The van der Waals surface area contributed by atoms with Crippen LogP contribution in [0, 0.1) is 0 Å². The second-order valence-corrected chi connectivity index (χ2v) is 7.45. The molecule has 2 aliphatic heterocycles. The van der Waals surface area contributed by atoms with Gasteiger partial charge in [-0.15, -0.1) is 0 Å². The normalized spacial score (nSPS) is 58.2. The highest BCUT2D eigenvalue weighted by Crippen LogP contribution is 2.64. The van der Waals surface area contributed by atoms with Gasteiger partial charge in [0.2, 0.25) is 0 Å². The number of nitrogens with one attached hydrogen (secondary N) is 2. The highest BCUT2D eigenvalue weighted by Gasteiger charge is 2.71. The van der Waals surface area contributed by atoms with Gasteiger partial charge < -0.3 is 0 Å². The Hall–Kier alpha value is 0.870. The third kappa shape index (κ3) is 1.06. The number of hydrogen-bond acceptors (Lipinski definition) is 2. The number of fused-ring (bicyclic) bond motifs is 3. The van der Waals surface area contributed by atoms with Gasteiger partial charge in [-0.1, -0.05) is 44.6 Å². The molecule has 4 atom stereocenters. The SMILES string of the molecule is CC12CC1(I)C1=CC(Br)CNC1N2. The van der Waals surface area contributed by atoms with Crippen molar-refractivity contribution < 1.29 is 0 Å². The largest absolute Gasteiger partial charge is 0.297 e. The van der Waals surface area contributed by atoms with Crippen molar-refractivity contribution in [2.45, 2.75) is 33.3 Å². The molecule has 1 saturated heterocycles. The molecule has 0 bridgehead atoms. The van der Waals surface area contributed by atoms with Crippen LogP contribution in [0.25, 0.3) is 0 Å². The molecule has 4 heteroatoms. The van der Waals surface area contributed by atoms with Crippen LogP contribution in [0.2, 0.25) is 0 Å². The summed E-state index contributed by atoms with van der Waals surface area (Å²) < 4.78 is 0.398. The molecule has 72 valence electrons. The fourth-order valence-corrected chi connectivity index (χ4v) is 4.41. The van der Waals surface area contributed by atoms with Crippen molar-refractivity contribution in [3.8, 4) is 0 Å². The Morgan fingerprint density at radius 1 is 1.69 bits per heavy atom. The summed E-state index contributed by atoms with van der Waals surface area (Å²) in [6, 6.07) is 0. The van der Waals surface area contributed by atoms with E-state index >= 15 is 0 Å². The number of hydrogen-bond donors (Lipinski definition) is 2. The molecule has 0 spiro atoms. The summed E-state index contributed by atoms with van der Waals surface area (Å²) in [5.74, 6) is 0. The van der Waals surface area contributed by atoms with Crippen LogP contribution in [0.15, 0.2) is 11.6 Å². The summed E-state index contributed by atoms with van der Waals surface area (Å²) in [7, 11) is 0. The summed E-state index contributed by atoms with van der Waals surface area (Å²) in [6.07, 6.45) is 4.10. The van der Waals surface area contributed by atoms with E-state index in [1.165, 1.54) is 6.42 Å². The molecule has 1 saturated carbocycles. The number of alkyl halides is 2. The Bertz CT molecular complexity index is 306. The lowest BCUT2D eigenvalue weighted by Gasteiger charge is -2.26. The minimum Gasteiger partial charge on any atom is -0.297 e. The molecule has 4 unspecified atom stereocenters. The van der Waals surface area contributed by atoms with Crippen LogP contribution in [0.5, 0.6) is 0 Å². The first kappa shape index (κ1) is 9.12. The molecule has 0 radical (unpaired) electrons. The van der Waals surface area contributed by atoms with Gasteiger partial charge in [0, 0.05) is 16.9 Å². The van der Waals surface area contributed by atoms with E-state index in [0.717, 1.165) is 6.54 Å². The first-order valence-electron chi connectivity index (χ1n) is 4.61. The molecule has 1 aliphatic carbocycles. The van der Waals surface area contributed by atoms with Crippen molar-refractivity contribution in [1.29, 1.82) is 0 Å². The third-order valence-electron chi connectivity index (χ3n) is 3.46. The second-order valence-electron chi connectivity index (χ2n) is 4.43. The number of halogens is 2. The zero-order valence-electron chi connectivity index (χ0n) is 7.40. The maximum absolute atomic E-state index is 3.66. The van der Waals surface area contributed by atoms with Gasteiger partial charge in [-0.25, -0.2) is 0 Å². The van der Waals surface area contributed by atoms with E-state index < -0.39 is 0 Å². The van der Waals surface area contributed by atoms with Crippen LogP contribution in [0.4, 0.5) is 0 Å². The first-order chi connectivity index (χ1) is 6.05. The van der Waals surface area contributed by atoms with E-state index in [-0.39, 0.29) is 0 Å². The minimum atomic E-state index is 0.355. The summed E-state index contributed by atoms with van der Waals surface area (Å²) >= 11 is 6.25. The van der Waals surface area contributed by atoms with Gasteiger partial charge in [0.25, 0.3) is 0 Å². The van der Waals surface area contributed by atoms with E-state index in [4.69, 9.17) is 0 Å². The lowest BCUT2D eigenvalue weighted by Crippen LogP contribution is -2.48. The fourth-order valence-electron chi connectivity index (χ4n) is 2.53. The third-order valence-corrected chi connectivity index (χ3v) is 6.24. The van der Waals surface area contributed by atoms with Gasteiger partial charge in [-0.05, 0) is 18.9 Å². The van der Waals surface area contributed by atoms with Gasteiger partial charge >= 0.3 is 0 Å². The maximum atomic E-state index is 3.66. The molecule has 3 rings (SSSR count). The van der Waals surface area contributed by atoms with Crippen molar-refractivity contribution >= 4 is 38.5 Å². The number of piperidine rings is 1. The Morgan fingerprint density at radius 3 is 3.23 bits per heavy atom. The van der Waals surface area contributed by atoms with Crippen LogP contribution in [-0.4, -0.2) is 26.5 Å². The molecular weight excluding hydrogens is 343 g/mol. The van der Waals surface area contributed by atoms with Crippen LogP contribution in [0.1, 0.15) is 13.3 Å². The molecule has 0 amide bonds. The summed E-state index contributed by atoms with van der Waals surface area (Å²) in [5, 5.41) is 7.17. The van der Waals surface area contributed by atoms with Crippen molar-refractivity contribution in [2.75, 3.05) is 6.54 Å². The monoisotopic (exact) mass is 354 g/mol. The molecule has 0 aromatic heterocycles. The molecule has 13 heavy (non-hydrogen) atoms. The van der Waals surface area contributed by atoms with E-state index in [0.29, 0.717) is 20.0 Å². The van der Waals surface area contributed by atoms with E-state index in [1.54, 1.807) is 5.57 Å². The molecule has 2 fully saturated rings. The Kier molecular flexibility index (Phi) is 1.76. The lowest BCUT2D eigenvalue weighted by atomic mass is 10.1. The van der Waals surface area contributed by atoms with Crippen LogP contribution < -0.4 is 10.6 Å². The quantitative estimate of drug-likeness (QED) is 0.392. The van der Waals surface area contributed by atoms with Crippen LogP contribution >= 0.6 is 38.5 Å². The average molecular weight is 355 g/mol. The Balaban J connectivity index is 2.01. The standard InChI is InChI=1S/C9H12BrIN2/c1-8-4-9(8,11)6-2-5(10)3-12-7(6)13-8/h2,5,7,12-13H,3-4H2,1H3. The summed E-state index contributed by atoms with van der Waals surface area (Å²) in [5.41, 5.74) is 1.91. The van der Waals surface area contributed by atoms with Crippen molar-refractivity contribution in [2.24, 2.45) is 0 Å². The van der Waals surface area contributed by atoms with Gasteiger partial charge in [-0.2, -0.15) is 0 Å². The molecule has 2 heterocycles. The molecule has 0 aromatic rings. The minimum absolute atomic E-state index is 0.355. The van der Waals surface area contributed by atoms with E-state index in [2.05, 4.69) is 62.2 Å². The fraction of sp³-hybridized carbons (Fsp3) is 0.778. The zero-order valence-corrected chi connectivity index (χ0v) is 11.1. The zero-order chi connectivity index (χ0) is 9.27. The Labute approximate surface area is 100 Å². The molecule has 2 N–H and O–H groups in total. The molecule has 2 nitrogen and oxygen atoms in total. The lowest BCUT2D eigenvalue weighted by molar-refractivity contribution is 0.445. The van der Waals surface area contributed by atoms with Gasteiger partial charge in [0.05, 0.1) is 9.59 Å². The average Bonchev–Trinajstić information content (AvgIpc) is 2.52. The molecule has 0 aromatic carbocycles. The second kappa shape index (κ2) is 2.51. The highest BCUT2D eigenvalue weighted by atomic mass is 127. The van der Waals surface area contributed by atoms with Crippen LogP contribution in [0.3, 0.4) is 0 Å². The van der Waals surface area contributed by atoms with Crippen molar-refractivity contribution in [3.63, 3.8) is 0 Å². The molecule has 3 aliphatic rings. The van der Waals surface area contributed by atoms with E-state index in [1.807, 2.05) is 0 Å². The number of rotatable bonds is 0. The first-order valence-corrected chi connectivity index (χ1v) is 6.61. The molecular formula is C9H12BrIN2. The van der Waals surface area contributed by atoms with Crippen molar-refractivity contribution in [1.82, 2.24) is 10.6 Å². The Morgan fingerprint density at radius 2 is 2.46 bits per heavy atom. The topological polar surface area (TPSA) is 24.1 Å². The smallest absolute Gasteiger partial charge is 0.0813 e. The van der Waals surface area contributed by atoms with Gasteiger partial charge in [0.15, 0.2) is 0 Å². The maximum Gasteiger partial charge on any atom is 0.0813 e. The van der Waals surface area contributed by atoms with Crippen LogP contribution in [-0.2, 0) is 0 Å². The van der Waals surface area contributed by atoms with Crippen molar-refractivity contribution in [3.05, 3.63) is 11.6 Å². The highest BCUT2D eigenvalue weighted by molar-refractivity contribution is 14.1. The van der Waals surface area contributed by atoms with Gasteiger partial charge in [0.1, 0.15) is 0 Å².